The predicted molar refractivity (Wildman–Crippen MR) is 107 cm³/mol. The summed E-state index contributed by atoms with van der Waals surface area (Å²) in [7, 11) is 0. The first kappa shape index (κ1) is 19.6. The van der Waals surface area contributed by atoms with E-state index in [1.807, 2.05) is 0 Å². The first-order valence-corrected chi connectivity index (χ1v) is 9.19. The predicted octanol–water partition coefficient (Wildman–Crippen LogP) is 2.64. The normalized spacial score (nSPS) is 18.1. The molecule has 0 saturated carbocycles. The molecule has 2 amide bonds. The number of rotatable bonds is 4. The van der Waals surface area contributed by atoms with Crippen LogP contribution in [0.15, 0.2) is 58.7 Å². The van der Waals surface area contributed by atoms with Gasteiger partial charge in [-0.05, 0) is 61.0 Å². The number of hydrogen-bond acceptors (Lipinski definition) is 6. The van der Waals surface area contributed by atoms with Gasteiger partial charge < -0.3 is 10.8 Å². The Morgan fingerprint density at radius 1 is 1.14 bits per heavy atom. The van der Waals surface area contributed by atoms with Crippen molar-refractivity contribution in [2.75, 3.05) is 4.90 Å². The molecular weight excluding hydrogens is 383 g/mol. The van der Waals surface area contributed by atoms with E-state index in [1.165, 1.54) is 36.4 Å². The van der Waals surface area contributed by atoms with Gasteiger partial charge >= 0.3 is 0 Å². The van der Waals surface area contributed by atoms with Crippen LogP contribution in [0.25, 0.3) is 0 Å². The van der Waals surface area contributed by atoms with Crippen LogP contribution < -0.4 is 10.6 Å². The molecule has 0 unspecified atom stereocenters. The molecule has 2 aromatic carbocycles. The maximum atomic E-state index is 13.1. The molecule has 1 aliphatic rings. The number of carbonyl (C=O) groups is 2. The van der Waals surface area contributed by atoms with Crippen LogP contribution in [0.1, 0.15) is 18.9 Å². The molecule has 0 aliphatic carbocycles. The Bertz CT molecular complexity index is 958. The molecule has 2 aromatic rings. The van der Waals surface area contributed by atoms with Crippen LogP contribution in [0.2, 0.25) is 0 Å². The van der Waals surface area contributed by atoms with Gasteiger partial charge in [-0.25, -0.2) is 9.29 Å². The van der Waals surface area contributed by atoms with E-state index in [9.17, 15) is 19.1 Å². The average Bonchev–Trinajstić information content (AvgIpc) is 2.94. The van der Waals surface area contributed by atoms with E-state index < -0.39 is 17.0 Å². The van der Waals surface area contributed by atoms with Crippen LogP contribution >= 0.6 is 11.8 Å². The Kier molecular flexibility index (Phi) is 5.74. The van der Waals surface area contributed by atoms with Crippen molar-refractivity contribution in [2.24, 2.45) is 15.9 Å². The molecule has 3 N–H and O–H groups in total. The molecule has 1 fully saturated rings. The van der Waals surface area contributed by atoms with Crippen molar-refractivity contribution in [1.82, 2.24) is 0 Å². The van der Waals surface area contributed by atoms with Crippen molar-refractivity contribution in [2.45, 2.75) is 18.6 Å². The molecule has 1 atom stereocenters. The summed E-state index contributed by atoms with van der Waals surface area (Å²) in [6.07, 6.45) is -0.0300. The number of amides is 2. The Morgan fingerprint density at radius 3 is 2.43 bits per heavy atom. The zero-order valence-corrected chi connectivity index (χ0v) is 15.7. The quantitative estimate of drug-likeness (QED) is 0.355. The highest BCUT2D eigenvalue weighted by molar-refractivity contribution is 8.14. The third-order valence-corrected chi connectivity index (χ3v) is 5.01. The second-order valence-corrected chi connectivity index (χ2v) is 7.25. The average molecular weight is 400 g/mol. The first-order valence-electron chi connectivity index (χ1n) is 8.31. The van der Waals surface area contributed by atoms with Crippen molar-refractivity contribution in [3.63, 3.8) is 0 Å². The lowest BCUT2D eigenvalue weighted by molar-refractivity contribution is -0.121. The number of amidine groups is 1. The van der Waals surface area contributed by atoms with Crippen molar-refractivity contribution in [3.8, 4) is 5.75 Å². The fourth-order valence-corrected chi connectivity index (χ4v) is 3.42. The van der Waals surface area contributed by atoms with Gasteiger partial charge in [-0.3, -0.25) is 9.59 Å². The van der Waals surface area contributed by atoms with E-state index >= 15 is 0 Å². The van der Waals surface area contributed by atoms with Crippen molar-refractivity contribution in [3.05, 3.63) is 59.9 Å². The van der Waals surface area contributed by atoms with Crippen LogP contribution in [0.5, 0.6) is 5.75 Å². The lowest BCUT2D eigenvalue weighted by atomic mass is 10.1. The highest BCUT2D eigenvalue weighted by atomic mass is 32.2. The number of phenolic OH excluding ortho intramolecular Hbond substituents is 1. The van der Waals surface area contributed by atoms with Crippen LogP contribution in [0.3, 0.4) is 0 Å². The minimum absolute atomic E-state index is 0.0300. The van der Waals surface area contributed by atoms with E-state index in [2.05, 4.69) is 10.2 Å². The molecular formula is C19H17FN4O3S. The summed E-state index contributed by atoms with van der Waals surface area (Å²) >= 11 is 0.955. The number of halogens is 1. The zero-order chi connectivity index (χ0) is 20.3. The number of hydrogen-bond donors (Lipinski definition) is 2. The van der Waals surface area contributed by atoms with Crippen molar-refractivity contribution >= 4 is 40.1 Å². The summed E-state index contributed by atoms with van der Waals surface area (Å²) in [6, 6.07) is 11.6. The fourth-order valence-electron chi connectivity index (χ4n) is 2.61. The standard InChI is InChI=1S/C19H17FN4O3S/c1-11(12-2-8-15(25)9-3-12)22-23-19(21)28-16-10-17(26)24(18(16)27)14-6-4-13(20)5-7-14/h2-9,16,25H,10H2,1H3,(H2,21,23)/b22-11+/t16-/m0/s1. The summed E-state index contributed by atoms with van der Waals surface area (Å²) in [4.78, 5) is 25.8. The van der Waals surface area contributed by atoms with E-state index in [1.54, 1.807) is 19.1 Å². The Balaban J connectivity index is 1.69. The summed E-state index contributed by atoms with van der Waals surface area (Å²) in [5.41, 5.74) is 7.50. The van der Waals surface area contributed by atoms with Gasteiger partial charge in [0, 0.05) is 6.42 Å². The van der Waals surface area contributed by atoms with Gasteiger partial charge in [0.05, 0.1) is 11.4 Å². The number of nitrogens with two attached hydrogens (primary N) is 1. The molecule has 1 heterocycles. The SMILES string of the molecule is C/C(=N\N=C(N)S[C@H]1CC(=O)N(c2ccc(F)cc2)C1=O)c1ccc(O)cc1. The van der Waals surface area contributed by atoms with Gasteiger partial charge in [-0.1, -0.05) is 11.8 Å². The van der Waals surface area contributed by atoms with Crippen LogP contribution in [0, 0.1) is 5.82 Å². The number of imide groups is 1. The van der Waals surface area contributed by atoms with Crippen molar-refractivity contribution < 1.29 is 19.1 Å². The molecule has 0 bridgehead atoms. The van der Waals surface area contributed by atoms with Gasteiger partial charge in [0.25, 0.3) is 0 Å². The van der Waals surface area contributed by atoms with E-state index in [0.29, 0.717) is 11.4 Å². The summed E-state index contributed by atoms with van der Waals surface area (Å²) in [6.45, 7) is 1.73. The second-order valence-electron chi connectivity index (χ2n) is 6.02. The summed E-state index contributed by atoms with van der Waals surface area (Å²) in [5, 5.41) is 16.6. The molecule has 28 heavy (non-hydrogen) atoms. The molecule has 7 nitrogen and oxygen atoms in total. The highest BCUT2D eigenvalue weighted by Gasteiger charge is 2.40. The second kappa shape index (κ2) is 8.22. The maximum Gasteiger partial charge on any atom is 0.247 e. The molecule has 144 valence electrons. The number of carbonyl (C=O) groups excluding carboxylic acids is 2. The minimum atomic E-state index is -0.717. The molecule has 0 spiro atoms. The van der Waals surface area contributed by atoms with Crippen LogP contribution in [-0.4, -0.2) is 33.1 Å². The number of aromatic hydroxyl groups is 1. The Labute approximate surface area is 164 Å². The molecule has 0 radical (unpaired) electrons. The molecule has 9 heteroatoms. The highest BCUT2D eigenvalue weighted by Crippen LogP contribution is 2.29. The molecule has 1 saturated heterocycles. The lowest BCUT2D eigenvalue weighted by Gasteiger charge is -2.14. The topological polar surface area (TPSA) is 108 Å². The lowest BCUT2D eigenvalue weighted by Crippen LogP contribution is -2.31. The fraction of sp³-hybridized carbons (Fsp3) is 0.158. The third-order valence-electron chi connectivity index (χ3n) is 4.04. The third kappa shape index (κ3) is 4.37. The van der Waals surface area contributed by atoms with Gasteiger partial charge in [-0.15, -0.1) is 5.10 Å². The van der Waals surface area contributed by atoms with E-state index in [-0.39, 0.29) is 23.2 Å². The van der Waals surface area contributed by atoms with Gasteiger partial charge in [0.15, 0.2) is 5.17 Å². The van der Waals surface area contributed by atoms with Gasteiger partial charge in [-0.2, -0.15) is 5.10 Å². The molecule has 1 aliphatic heterocycles. The van der Waals surface area contributed by atoms with Crippen LogP contribution in [-0.2, 0) is 9.59 Å². The number of benzene rings is 2. The molecule has 0 aromatic heterocycles. The Morgan fingerprint density at radius 2 is 1.79 bits per heavy atom. The zero-order valence-electron chi connectivity index (χ0n) is 14.9. The molecule has 3 rings (SSSR count). The summed E-state index contributed by atoms with van der Waals surface area (Å²) in [5.74, 6) is -1.12. The van der Waals surface area contributed by atoms with E-state index in [4.69, 9.17) is 5.73 Å². The number of anilines is 1. The number of nitrogens with zero attached hydrogens (tertiary/aromatic N) is 3. The largest absolute Gasteiger partial charge is 0.508 e. The van der Waals surface area contributed by atoms with Crippen LogP contribution in [0.4, 0.5) is 10.1 Å². The first-order chi connectivity index (χ1) is 13.3. The van der Waals surface area contributed by atoms with Gasteiger partial charge in [0.2, 0.25) is 11.8 Å². The monoisotopic (exact) mass is 400 g/mol. The smallest absolute Gasteiger partial charge is 0.247 e. The number of phenols is 1. The minimum Gasteiger partial charge on any atom is -0.508 e. The number of thioether (sulfide) groups is 1. The van der Waals surface area contributed by atoms with E-state index in [0.717, 1.165) is 22.2 Å². The summed E-state index contributed by atoms with van der Waals surface area (Å²) < 4.78 is 13.1. The Hall–Kier alpha value is -3.20. The maximum absolute atomic E-state index is 13.1. The van der Waals surface area contributed by atoms with Crippen molar-refractivity contribution in [1.29, 1.82) is 0 Å². The van der Waals surface area contributed by atoms with Gasteiger partial charge in [0.1, 0.15) is 16.8 Å².